The maximum Gasteiger partial charge on any atom is 0.141 e. The maximum absolute atomic E-state index is 11.5. The third kappa shape index (κ3) is 1.52. The molecule has 1 aliphatic rings. The molecule has 76 valence electrons. The molecular formula is C12H16OS. The lowest BCUT2D eigenvalue weighted by molar-refractivity contribution is -0.119. The molecule has 1 nitrogen and oxygen atoms in total. The van der Waals surface area contributed by atoms with E-state index < -0.39 is 0 Å². The molecule has 0 bridgehead atoms. The summed E-state index contributed by atoms with van der Waals surface area (Å²) in [5.41, 5.74) is -0.0589. The minimum absolute atomic E-state index is 0.0589. The van der Waals surface area contributed by atoms with Crippen LogP contribution >= 0.6 is 11.3 Å². The molecule has 1 aromatic heterocycles. The third-order valence-corrected chi connectivity index (χ3v) is 4.40. The molecular weight excluding hydrogens is 192 g/mol. The molecule has 1 heterocycles. The van der Waals surface area contributed by atoms with Crippen molar-refractivity contribution in [1.82, 2.24) is 0 Å². The summed E-state index contributed by atoms with van der Waals surface area (Å²) in [7, 11) is 0. The van der Waals surface area contributed by atoms with Gasteiger partial charge in [-0.25, -0.2) is 0 Å². The van der Waals surface area contributed by atoms with Gasteiger partial charge in [0, 0.05) is 9.75 Å². The molecule has 14 heavy (non-hydrogen) atoms. The van der Waals surface area contributed by atoms with Crippen molar-refractivity contribution in [2.24, 2.45) is 0 Å². The quantitative estimate of drug-likeness (QED) is 0.742. The zero-order chi connectivity index (χ0) is 10.2. The van der Waals surface area contributed by atoms with Crippen LogP contribution in [-0.2, 0) is 16.6 Å². The van der Waals surface area contributed by atoms with E-state index in [-0.39, 0.29) is 5.41 Å². The topological polar surface area (TPSA) is 17.1 Å². The third-order valence-electron chi connectivity index (χ3n) is 3.05. The van der Waals surface area contributed by atoms with Crippen molar-refractivity contribution in [2.45, 2.75) is 44.9 Å². The van der Waals surface area contributed by atoms with Crippen molar-refractivity contribution < 1.29 is 4.79 Å². The summed E-state index contributed by atoms with van der Waals surface area (Å²) in [6.45, 7) is 3.92. The van der Waals surface area contributed by atoms with E-state index in [1.54, 1.807) is 6.92 Å². The second-order valence-corrected chi connectivity index (χ2v) is 5.32. The predicted molar refractivity (Wildman–Crippen MR) is 59.9 cm³/mol. The summed E-state index contributed by atoms with van der Waals surface area (Å²) in [5.74, 6) is 0.349. The first-order valence-electron chi connectivity index (χ1n) is 5.29. The minimum atomic E-state index is -0.0589. The molecule has 0 radical (unpaired) electrons. The lowest BCUT2D eigenvalue weighted by Gasteiger charge is -2.07. The van der Waals surface area contributed by atoms with Crippen molar-refractivity contribution in [1.29, 1.82) is 0 Å². The van der Waals surface area contributed by atoms with E-state index in [0.717, 1.165) is 19.3 Å². The maximum atomic E-state index is 11.5. The van der Waals surface area contributed by atoms with E-state index in [2.05, 4.69) is 19.1 Å². The Morgan fingerprint density at radius 3 is 2.71 bits per heavy atom. The highest BCUT2D eigenvalue weighted by atomic mass is 32.1. The molecule has 0 amide bonds. The molecule has 1 aliphatic carbocycles. The van der Waals surface area contributed by atoms with Crippen LogP contribution in [0.15, 0.2) is 12.1 Å². The van der Waals surface area contributed by atoms with Gasteiger partial charge in [-0.1, -0.05) is 13.3 Å². The lowest BCUT2D eigenvalue weighted by Crippen LogP contribution is -2.14. The van der Waals surface area contributed by atoms with Gasteiger partial charge < -0.3 is 0 Å². The molecule has 1 saturated carbocycles. The minimum Gasteiger partial charge on any atom is -0.299 e. The first kappa shape index (κ1) is 9.91. The standard InChI is InChI=1S/C12H16OS/c1-3-4-10-5-6-11(14-10)12(7-8-12)9(2)13/h5-6H,3-4,7-8H2,1-2H3. The van der Waals surface area contributed by atoms with Crippen LogP contribution in [0.5, 0.6) is 0 Å². The SMILES string of the molecule is CCCc1ccc(C2(C(C)=O)CC2)s1. The Morgan fingerprint density at radius 1 is 1.50 bits per heavy atom. The molecule has 0 N–H and O–H groups in total. The number of carbonyl (C=O) groups excluding carboxylic acids is 1. The Labute approximate surface area is 89.1 Å². The summed E-state index contributed by atoms with van der Waals surface area (Å²) in [6.07, 6.45) is 4.47. The molecule has 0 unspecified atom stereocenters. The van der Waals surface area contributed by atoms with Crippen LogP contribution in [0, 0.1) is 0 Å². The second-order valence-electron chi connectivity index (χ2n) is 4.15. The first-order chi connectivity index (χ1) is 6.69. The summed E-state index contributed by atoms with van der Waals surface area (Å²) in [4.78, 5) is 14.2. The average molecular weight is 208 g/mol. The number of hydrogen-bond acceptors (Lipinski definition) is 2. The molecule has 2 rings (SSSR count). The molecule has 0 spiro atoms. The molecule has 2 heteroatoms. The highest BCUT2D eigenvalue weighted by molar-refractivity contribution is 7.12. The zero-order valence-electron chi connectivity index (χ0n) is 8.80. The zero-order valence-corrected chi connectivity index (χ0v) is 9.62. The van der Waals surface area contributed by atoms with E-state index in [1.165, 1.54) is 16.2 Å². The van der Waals surface area contributed by atoms with Gasteiger partial charge in [-0.2, -0.15) is 0 Å². The number of rotatable bonds is 4. The van der Waals surface area contributed by atoms with Crippen molar-refractivity contribution in [2.75, 3.05) is 0 Å². The molecule has 1 fully saturated rings. The van der Waals surface area contributed by atoms with Gasteiger partial charge in [0.1, 0.15) is 5.78 Å². The van der Waals surface area contributed by atoms with E-state index in [0.29, 0.717) is 5.78 Å². The van der Waals surface area contributed by atoms with Crippen LogP contribution in [0.4, 0.5) is 0 Å². The van der Waals surface area contributed by atoms with E-state index >= 15 is 0 Å². The first-order valence-corrected chi connectivity index (χ1v) is 6.11. The molecule has 0 aliphatic heterocycles. The van der Waals surface area contributed by atoms with Crippen LogP contribution < -0.4 is 0 Å². The van der Waals surface area contributed by atoms with Gasteiger partial charge in [0.2, 0.25) is 0 Å². The van der Waals surface area contributed by atoms with Gasteiger partial charge in [0.25, 0.3) is 0 Å². The van der Waals surface area contributed by atoms with E-state index in [4.69, 9.17) is 0 Å². The average Bonchev–Trinajstić information content (AvgIpc) is 2.84. The Balaban J connectivity index is 2.21. The Morgan fingerprint density at radius 2 is 2.21 bits per heavy atom. The highest BCUT2D eigenvalue weighted by Gasteiger charge is 2.49. The number of thiophene rings is 1. The van der Waals surface area contributed by atoms with Crippen molar-refractivity contribution in [3.8, 4) is 0 Å². The van der Waals surface area contributed by atoms with Gasteiger partial charge in [0.05, 0.1) is 5.41 Å². The summed E-state index contributed by atoms with van der Waals surface area (Å²) < 4.78 is 0. The molecule has 1 aromatic rings. The molecule has 0 aromatic carbocycles. The summed E-state index contributed by atoms with van der Waals surface area (Å²) in [6, 6.07) is 4.34. The number of Topliss-reactive ketones (excluding diaryl/α,β-unsaturated/α-hetero) is 1. The summed E-state index contributed by atoms with van der Waals surface area (Å²) >= 11 is 1.83. The van der Waals surface area contributed by atoms with Crippen LogP contribution in [0.25, 0.3) is 0 Å². The fraction of sp³-hybridized carbons (Fsp3) is 0.583. The van der Waals surface area contributed by atoms with E-state index in [1.807, 2.05) is 11.3 Å². The van der Waals surface area contributed by atoms with Gasteiger partial charge in [-0.05, 0) is 38.3 Å². The van der Waals surface area contributed by atoms with Crippen LogP contribution in [0.1, 0.15) is 42.9 Å². The van der Waals surface area contributed by atoms with Gasteiger partial charge in [0.15, 0.2) is 0 Å². The monoisotopic (exact) mass is 208 g/mol. The van der Waals surface area contributed by atoms with E-state index in [9.17, 15) is 4.79 Å². The Hall–Kier alpha value is -0.630. The van der Waals surface area contributed by atoms with Crippen LogP contribution in [-0.4, -0.2) is 5.78 Å². The Kier molecular flexibility index (Phi) is 2.48. The summed E-state index contributed by atoms with van der Waals surface area (Å²) in [5, 5.41) is 0. The van der Waals surface area contributed by atoms with Crippen molar-refractivity contribution in [3.63, 3.8) is 0 Å². The smallest absolute Gasteiger partial charge is 0.141 e. The van der Waals surface area contributed by atoms with Crippen molar-refractivity contribution >= 4 is 17.1 Å². The number of ketones is 1. The Bertz CT molecular complexity index is 347. The van der Waals surface area contributed by atoms with Crippen LogP contribution in [0.2, 0.25) is 0 Å². The lowest BCUT2D eigenvalue weighted by atomic mass is 10.0. The number of aryl methyl sites for hydroxylation is 1. The largest absolute Gasteiger partial charge is 0.299 e. The van der Waals surface area contributed by atoms with Crippen LogP contribution in [0.3, 0.4) is 0 Å². The number of hydrogen-bond donors (Lipinski definition) is 0. The van der Waals surface area contributed by atoms with Crippen molar-refractivity contribution in [3.05, 3.63) is 21.9 Å². The fourth-order valence-electron chi connectivity index (χ4n) is 1.91. The second kappa shape index (κ2) is 3.50. The number of carbonyl (C=O) groups is 1. The van der Waals surface area contributed by atoms with Gasteiger partial charge in [-0.15, -0.1) is 11.3 Å². The molecule has 0 saturated heterocycles. The fourth-order valence-corrected chi connectivity index (χ4v) is 3.32. The predicted octanol–water partition coefficient (Wildman–Crippen LogP) is 3.32. The normalized spacial score (nSPS) is 18.1. The molecule has 0 atom stereocenters. The van der Waals surface area contributed by atoms with Gasteiger partial charge in [-0.3, -0.25) is 4.79 Å². The van der Waals surface area contributed by atoms with Gasteiger partial charge >= 0.3 is 0 Å². The highest BCUT2D eigenvalue weighted by Crippen LogP contribution is 2.51.